The lowest BCUT2D eigenvalue weighted by molar-refractivity contribution is -0.128. The molecule has 0 aliphatic carbocycles. The maximum absolute atomic E-state index is 13.1. The third-order valence-electron chi connectivity index (χ3n) is 4.19. The van der Waals surface area contributed by atoms with E-state index in [1.54, 1.807) is 39.8 Å². The molecule has 3 rings (SSSR count). The molecule has 1 aromatic carbocycles. The maximum Gasteiger partial charge on any atom is 0.272 e. The van der Waals surface area contributed by atoms with Crippen molar-refractivity contribution in [3.05, 3.63) is 48.3 Å². The average Bonchev–Trinajstić information content (AvgIpc) is 2.91. The summed E-state index contributed by atoms with van der Waals surface area (Å²) in [4.78, 5) is 31.9. The molecule has 0 N–H and O–H groups in total. The van der Waals surface area contributed by atoms with E-state index in [-0.39, 0.29) is 17.6 Å². The van der Waals surface area contributed by atoms with Gasteiger partial charge in [-0.25, -0.2) is 9.37 Å². The molecule has 1 aliphatic rings. The summed E-state index contributed by atoms with van der Waals surface area (Å²) in [6, 6.07) is 5.90. The molecule has 0 unspecified atom stereocenters. The highest BCUT2D eigenvalue weighted by Gasteiger charge is 2.23. The van der Waals surface area contributed by atoms with E-state index in [2.05, 4.69) is 4.98 Å². The van der Waals surface area contributed by atoms with E-state index >= 15 is 0 Å². The van der Waals surface area contributed by atoms with Crippen LogP contribution in [-0.4, -0.2) is 57.3 Å². The minimum Gasteiger partial charge on any atom is -0.341 e. The first-order chi connectivity index (χ1) is 11.6. The summed E-state index contributed by atoms with van der Waals surface area (Å²) in [5.74, 6) is -0.438. The number of imidazole rings is 1. The van der Waals surface area contributed by atoms with Crippen LogP contribution < -0.4 is 0 Å². The van der Waals surface area contributed by atoms with Crippen molar-refractivity contribution in [1.82, 2.24) is 19.4 Å². The van der Waals surface area contributed by atoms with Gasteiger partial charge in [0, 0.05) is 38.8 Å². The second kappa shape index (κ2) is 6.82. The Bertz CT molecular complexity index is 741. The maximum atomic E-state index is 13.1. The average molecular weight is 330 g/mol. The highest BCUT2D eigenvalue weighted by molar-refractivity contribution is 5.93. The van der Waals surface area contributed by atoms with Crippen molar-refractivity contribution in [3.63, 3.8) is 0 Å². The molecule has 1 fully saturated rings. The van der Waals surface area contributed by atoms with Crippen LogP contribution in [0.15, 0.2) is 36.8 Å². The van der Waals surface area contributed by atoms with Crippen LogP contribution in [0, 0.1) is 5.82 Å². The minimum absolute atomic E-state index is 0.0284. The number of carbonyl (C=O) groups excluding carboxylic acids is 2. The third kappa shape index (κ3) is 3.29. The number of benzene rings is 1. The molecule has 0 spiro atoms. The van der Waals surface area contributed by atoms with Crippen molar-refractivity contribution < 1.29 is 14.0 Å². The monoisotopic (exact) mass is 330 g/mol. The van der Waals surface area contributed by atoms with E-state index in [1.807, 2.05) is 0 Å². The second-order valence-corrected chi connectivity index (χ2v) is 5.78. The van der Waals surface area contributed by atoms with E-state index in [0.29, 0.717) is 37.6 Å². The van der Waals surface area contributed by atoms with Gasteiger partial charge in [-0.3, -0.25) is 14.2 Å². The second-order valence-electron chi connectivity index (χ2n) is 5.78. The number of aromatic nitrogens is 2. The van der Waals surface area contributed by atoms with Crippen LogP contribution in [0.2, 0.25) is 0 Å². The van der Waals surface area contributed by atoms with Crippen molar-refractivity contribution in [3.8, 4) is 5.69 Å². The fourth-order valence-corrected chi connectivity index (χ4v) is 2.86. The summed E-state index contributed by atoms with van der Waals surface area (Å²) in [6.45, 7) is 3.83. The predicted molar refractivity (Wildman–Crippen MR) is 86.3 cm³/mol. The number of hydrogen-bond donors (Lipinski definition) is 0. The zero-order chi connectivity index (χ0) is 17.1. The Morgan fingerprint density at radius 3 is 2.42 bits per heavy atom. The van der Waals surface area contributed by atoms with E-state index in [9.17, 15) is 14.0 Å². The molecule has 0 saturated carbocycles. The Balaban J connectivity index is 1.80. The van der Waals surface area contributed by atoms with Crippen molar-refractivity contribution >= 4 is 11.8 Å². The van der Waals surface area contributed by atoms with Crippen LogP contribution in [0.4, 0.5) is 4.39 Å². The van der Waals surface area contributed by atoms with Gasteiger partial charge >= 0.3 is 0 Å². The molecule has 126 valence electrons. The van der Waals surface area contributed by atoms with Gasteiger partial charge in [0.05, 0.1) is 12.5 Å². The number of nitrogens with zero attached hydrogens (tertiary/aromatic N) is 4. The largest absolute Gasteiger partial charge is 0.341 e. The molecule has 2 amide bonds. The van der Waals surface area contributed by atoms with Gasteiger partial charge in [0.1, 0.15) is 11.5 Å². The summed E-state index contributed by atoms with van der Waals surface area (Å²) in [5.41, 5.74) is 1.11. The normalized spacial score (nSPS) is 15.2. The van der Waals surface area contributed by atoms with Gasteiger partial charge in [0.2, 0.25) is 5.91 Å². The van der Waals surface area contributed by atoms with Crippen LogP contribution in [0.25, 0.3) is 5.69 Å². The van der Waals surface area contributed by atoms with Gasteiger partial charge in [-0.15, -0.1) is 0 Å². The summed E-state index contributed by atoms with van der Waals surface area (Å²) in [7, 11) is 0. The van der Waals surface area contributed by atoms with Gasteiger partial charge in [-0.05, 0) is 30.7 Å². The topological polar surface area (TPSA) is 58.4 Å². The van der Waals surface area contributed by atoms with Crippen LogP contribution in [0.5, 0.6) is 0 Å². The third-order valence-corrected chi connectivity index (χ3v) is 4.19. The van der Waals surface area contributed by atoms with Crippen LogP contribution in [0.3, 0.4) is 0 Å². The minimum atomic E-state index is -0.330. The molecule has 7 heteroatoms. The number of carbonyl (C=O) groups is 2. The van der Waals surface area contributed by atoms with Crippen LogP contribution >= 0.6 is 0 Å². The summed E-state index contributed by atoms with van der Waals surface area (Å²) in [5, 5.41) is 0. The van der Waals surface area contributed by atoms with E-state index < -0.39 is 0 Å². The van der Waals surface area contributed by atoms with Crippen LogP contribution in [0.1, 0.15) is 23.8 Å². The fourth-order valence-electron chi connectivity index (χ4n) is 2.86. The summed E-state index contributed by atoms with van der Waals surface area (Å²) >= 11 is 0. The Morgan fingerprint density at radius 1 is 1.04 bits per heavy atom. The van der Waals surface area contributed by atoms with Gasteiger partial charge in [-0.2, -0.15) is 0 Å². The number of halogens is 1. The number of rotatable bonds is 2. The Labute approximate surface area is 139 Å². The Morgan fingerprint density at radius 2 is 1.71 bits per heavy atom. The molecule has 24 heavy (non-hydrogen) atoms. The zero-order valence-corrected chi connectivity index (χ0v) is 13.5. The molecule has 1 aromatic heterocycles. The smallest absolute Gasteiger partial charge is 0.272 e. The first-order valence-corrected chi connectivity index (χ1v) is 7.89. The lowest BCUT2D eigenvalue weighted by atomic mass is 10.3. The van der Waals surface area contributed by atoms with Crippen molar-refractivity contribution in [1.29, 1.82) is 0 Å². The molecule has 0 bridgehead atoms. The first kappa shape index (κ1) is 16.2. The first-order valence-electron chi connectivity index (χ1n) is 7.89. The van der Waals surface area contributed by atoms with Gasteiger partial charge in [0.25, 0.3) is 5.91 Å². The standard InChI is InChI=1S/C17H19FN4O2/c1-13(23)20-7-2-8-21(10-9-20)17(24)16-11-19-12-22(16)15-5-3-14(18)4-6-15/h3-6,11-12H,2,7-10H2,1H3. The van der Waals surface area contributed by atoms with Crippen molar-refractivity contribution in [2.45, 2.75) is 13.3 Å². The summed E-state index contributed by atoms with van der Waals surface area (Å²) < 4.78 is 14.7. The molecule has 0 atom stereocenters. The summed E-state index contributed by atoms with van der Waals surface area (Å²) in [6.07, 6.45) is 3.80. The highest BCUT2D eigenvalue weighted by atomic mass is 19.1. The lowest BCUT2D eigenvalue weighted by Crippen LogP contribution is -2.37. The van der Waals surface area contributed by atoms with Crippen LogP contribution in [-0.2, 0) is 4.79 Å². The van der Waals surface area contributed by atoms with E-state index in [4.69, 9.17) is 0 Å². The lowest BCUT2D eigenvalue weighted by Gasteiger charge is -2.21. The van der Waals surface area contributed by atoms with Gasteiger partial charge < -0.3 is 9.80 Å². The quantitative estimate of drug-likeness (QED) is 0.842. The Kier molecular flexibility index (Phi) is 4.59. The molecule has 1 saturated heterocycles. The highest BCUT2D eigenvalue weighted by Crippen LogP contribution is 2.15. The molecule has 2 heterocycles. The zero-order valence-electron chi connectivity index (χ0n) is 13.5. The van der Waals surface area contributed by atoms with Crippen molar-refractivity contribution in [2.75, 3.05) is 26.2 Å². The van der Waals surface area contributed by atoms with E-state index in [0.717, 1.165) is 6.42 Å². The van der Waals surface area contributed by atoms with Crippen molar-refractivity contribution in [2.24, 2.45) is 0 Å². The number of hydrogen-bond acceptors (Lipinski definition) is 3. The SMILES string of the molecule is CC(=O)N1CCCN(C(=O)c2cncn2-c2ccc(F)cc2)CC1. The van der Waals surface area contributed by atoms with E-state index in [1.165, 1.54) is 18.3 Å². The molecule has 6 nitrogen and oxygen atoms in total. The number of amides is 2. The molecular weight excluding hydrogens is 311 g/mol. The van der Waals surface area contributed by atoms with Gasteiger partial charge in [-0.1, -0.05) is 0 Å². The fraction of sp³-hybridized carbons (Fsp3) is 0.353. The van der Waals surface area contributed by atoms with Gasteiger partial charge in [0.15, 0.2) is 0 Å². The molecular formula is C17H19FN4O2. The molecule has 2 aromatic rings. The Hall–Kier alpha value is -2.70. The molecule has 0 radical (unpaired) electrons. The predicted octanol–water partition coefficient (Wildman–Crippen LogP) is 1.71. The molecule has 1 aliphatic heterocycles.